The molecule has 2 aliphatic carbocycles. The van der Waals surface area contributed by atoms with Crippen LogP contribution in [-0.2, 0) is 4.43 Å². The Kier molecular flexibility index (Phi) is 6.78. The summed E-state index contributed by atoms with van der Waals surface area (Å²) in [6, 6.07) is 3.80. The minimum Gasteiger partial charge on any atom is -0.414 e. The Hall–Kier alpha value is 0.137. The third-order valence-corrected chi connectivity index (χ3v) is 12.4. The maximum atomic E-state index is 9.36. The number of fused-ring (bicyclic) bond motifs is 1. The van der Waals surface area contributed by atoms with Gasteiger partial charge in [-0.15, -0.1) is 0 Å². The van der Waals surface area contributed by atoms with Gasteiger partial charge in [0.15, 0.2) is 8.32 Å². The van der Waals surface area contributed by atoms with E-state index in [9.17, 15) is 5.11 Å². The smallest absolute Gasteiger partial charge is 0.192 e. The maximum Gasteiger partial charge on any atom is 0.192 e. The third kappa shape index (κ3) is 3.72. The number of aliphatic hydroxyl groups is 1. The fourth-order valence-electron chi connectivity index (χ4n) is 5.96. The van der Waals surface area contributed by atoms with Gasteiger partial charge in [-0.1, -0.05) is 41.0 Å². The molecule has 0 saturated heterocycles. The van der Waals surface area contributed by atoms with Crippen molar-refractivity contribution in [2.75, 3.05) is 6.61 Å². The first-order valence-electron chi connectivity index (χ1n) is 10.2. The van der Waals surface area contributed by atoms with E-state index >= 15 is 0 Å². The Morgan fingerprint density at radius 2 is 1.78 bits per heavy atom. The molecule has 0 aliphatic heterocycles. The lowest BCUT2D eigenvalue weighted by molar-refractivity contribution is -0.0214. The Balaban J connectivity index is 2.14. The first-order chi connectivity index (χ1) is 11.0. The van der Waals surface area contributed by atoms with Crippen molar-refractivity contribution in [3.05, 3.63) is 0 Å². The molecule has 3 heteroatoms. The lowest BCUT2D eigenvalue weighted by Gasteiger charge is -2.48. The Bertz CT molecular complexity index is 360. The number of rotatable bonds is 8. The molecule has 2 saturated carbocycles. The summed E-state index contributed by atoms with van der Waals surface area (Å²) in [6.45, 7) is 12.3. The van der Waals surface area contributed by atoms with Crippen molar-refractivity contribution < 1.29 is 9.53 Å². The van der Waals surface area contributed by atoms with Gasteiger partial charge in [-0.25, -0.2) is 0 Å². The largest absolute Gasteiger partial charge is 0.414 e. The normalized spacial score (nSPS) is 36.0. The quantitative estimate of drug-likeness (QED) is 0.582. The Morgan fingerprint density at radius 3 is 2.35 bits per heavy atom. The minimum absolute atomic E-state index is 0.343. The van der Waals surface area contributed by atoms with Crippen LogP contribution in [0.2, 0.25) is 18.1 Å². The molecule has 0 unspecified atom stereocenters. The van der Waals surface area contributed by atoms with E-state index in [0.29, 0.717) is 24.0 Å². The molecular formula is C20H40O2Si. The fourth-order valence-corrected chi connectivity index (χ4v) is 8.89. The van der Waals surface area contributed by atoms with Crippen molar-refractivity contribution in [2.45, 2.75) is 97.4 Å². The van der Waals surface area contributed by atoms with E-state index in [0.717, 1.165) is 18.3 Å². The summed E-state index contributed by atoms with van der Waals surface area (Å²) in [5.74, 6) is 2.20. The molecule has 0 spiro atoms. The summed E-state index contributed by atoms with van der Waals surface area (Å²) in [4.78, 5) is 0. The molecule has 1 N–H and O–H groups in total. The van der Waals surface area contributed by atoms with Crippen LogP contribution in [-0.4, -0.2) is 26.1 Å². The van der Waals surface area contributed by atoms with Crippen molar-refractivity contribution in [3.63, 3.8) is 0 Å². The monoisotopic (exact) mass is 340 g/mol. The zero-order chi connectivity index (χ0) is 17.1. The van der Waals surface area contributed by atoms with Crippen molar-refractivity contribution in [1.29, 1.82) is 0 Å². The molecule has 23 heavy (non-hydrogen) atoms. The molecule has 0 aromatic heterocycles. The molecule has 2 aliphatic rings. The van der Waals surface area contributed by atoms with Crippen LogP contribution in [0.15, 0.2) is 0 Å². The molecule has 5 atom stereocenters. The average molecular weight is 341 g/mol. The van der Waals surface area contributed by atoms with Gasteiger partial charge in [0.1, 0.15) is 0 Å². The third-order valence-electron chi connectivity index (χ3n) is 7.74. The molecule has 0 aromatic carbocycles. The molecule has 0 aromatic rings. The standard InChI is InChI=1S/C20H40O2Si/c1-6-23(7-2,8-3)22-19-10-9-14-20(5)17(11-12-18(19)20)16(4)13-15-21/h16-19,21H,6-15H2,1-5H3/t16-,17-,18+,19+,20-/m1/s1. The fraction of sp³-hybridized carbons (Fsp3) is 1.00. The highest BCUT2D eigenvalue weighted by Gasteiger charge is 2.53. The van der Waals surface area contributed by atoms with Gasteiger partial charge in [0.05, 0.1) is 0 Å². The topological polar surface area (TPSA) is 29.5 Å². The van der Waals surface area contributed by atoms with Crippen LogP contribution in [0.4, 0.5) is 0 Å². The van der Waals surface area contributed by atoms with Crippen LogP contribution in [0.25, 0.3) is 0 Å². The minimum atomic E-state index is -1.50. The summed E-state index contributed by atoms with van der Waals surface area (Å²) in [6.07, 6.45) is 8.18. The second-order valence-corrected chi connectivity index (χ2v) is 13.3. The van der Waals surface area contributed by atoms with Crippen LogP contribution in [0.5, 0.6) is 0 Å². The molecule has 2 rings (SSSR count). The van der Waals surface area contributed by atoms with Gasteiger partial charge in [-0.3, -0.25) is 0 Å². The van der Waals surface area contributed by atoms with Crippen LogP contribution < -0.4 is 0 Å². The Morgan fingerprint density at radius 1 is 1.13 bits per heavy atom. The first-order valence-corrected chi connectivity index (χ1v) is 12.8. The number of hydrogen-bond donors (Lipinski definition) is 1. The highest BCUT2D eigenvalue weighted by atomic mass is 28.4. The van der Waals surface area contributed by atoms with Gasteiger partial charge in [0.2, 0.25) is 0 Å². The van der Waals surface area contributed by atoms with E-state index in [1.807, 2.05) is 0 Å². The molecule has 2 nitrogen and oxygen atoms in total. The van der Waals surface area contributed by atoms with Crippen molar-refractivity contribution in [3.8, 4) is 0 Å². The van der Waals surface area contributed by atoms with Crippen LogP contribution in [0.3, 0.4) is 0 Å². The second-order valence-electron chi connectivity index (χ2n) is 8.58. The zero-order valence-electron chi connectivity index (χ0n) is 16.2. The summed E-state index contributed by atoms with van der Waals surface area (Å²) in [5.41, 5.74) is 0.451. The van der Waals surface area contributed by atoms with Crippen molar-refractivity contribution in [1.82, 2.24) is 0 Å². The van der Waals surface area contributed by atoms with Crippen LogP contribution >= 0.6 is 0 Å². The van der Waals surface area contributed by atoms with E-state index in [2.05, 4.69) is 34.6 Å². The number of aliphatic hydroxyl groups excluding tert-OH is 1. The highest BCUT2D eigenvalue weighted by molar-refractivity contribution is 6.73. The van der Waals surface area contributed by atoms with Gasteiger partial charge in [0, 0.05) is 12.7 Å². The lowest BCUT2D eigenvalue weighted by Crippen LogP contribution is -2.48. The van der Waals surface area contributed by atoms with E-state index in [-0.39, 0.29) is 0 Å². The second kappa shape index (κ2) is 8.01. The summed E-state index contributed by atoms with van der Waals surface area (Å²) in [7, 11) is -1.50. The SMILES string of the molecule is CC[Si](CC)(CC)O[C@H]1CCC[C@]2(C)[C@@H]([C@H](C)CCO)CC[C@@H]12. The van der Waals surface area contributed by atoms with E-state index < -0.39 is 8.32 Å². The molecular weight excluding hydrogens is 300 g/mol. The molecule has 0 radical (unpaired) electrons. The van der Waals surface area contributed by atoms with Gasteiger partial charge >= 0.3 is 0 Å². The van der Waals surface area contributed by atoms with Crippen LogP contribution in [0.1, 0.15) is 73.1 Å². The van der Waals surface area contributed by atoms with E-state index in [1.54, 1.807) is 0 Å². The molecule has 2 fully saturated rings. The van der Waals surface area contributed by atoms with E-state index in [4.69, 9.17) is 4.43 Å². The summed E-state index contributed by atoms with van der Waals surface area (Å²) in [5, 5.41) is 9.36. The van der Waals surface area contributed by atoms with Gasteiger partial charge in [0.25, 0.3) is 0 Å². The molecule has 0 bridgehead atoms. The van der Waals surface area contributed by atoms with Crippen molar-refractivity contribution >= 4 is 8.32 Å². The first kappa shape index (κ1) is 19.5. The summed E-state index contributed by atoms with van der Waals surface area (Å²) >= 11 is 0. The number of hydrogen-bond acceptors (Lipinski definition) is 2. The Labute approximate surface area is 145 Å². The lowest BCUT2D eigenvalue weighted by atomic mass is 9.61. The zero-order valence-corrected chi connectivity index (χ0v) is 17.2. The molecule has 0 heterocycles. The van der Waals surface area contributed by atoms with E-state index in [1.165, 1.54) is 50.2 Å². The predicted octanol–water partition coefficient (Wildman–Crippen LogP) is 5.61. The predicted molar refractivity (Wildman–Crippen MR) is 101 cm³/mol. The highest BCUT2D eigenvalue weighted by Crippen LogP contribution is 2.59. The maximum absolute atomic E-state index is 9.36. The van der Waals surface area contributed by atoms with Gasteiger partial charge in [-0.05, 0) is 73.4 Å². The van der Waals surface area contributed by atoms with Gasteiger partial charge in [-0.2, -0.15) is 0 Å². The molecule has 136 valence electrons. The van der Waals surface area contributed by atoms with Gasteiger partial charge < -0.3 is 9.53 Å². The average Bonchev–Trinajstić information content (AvgIpc) is 2.91. The van der Waals surface area contributed by atoms with Crippen molar-refractivity contribution in [2.24, 2.45) is 23.2 Å². The summed E-state index contributed by atoms with van der Waals surface area (Å²) < 4.78 is 6.98. The van der Waals surface area contributed by atoms with Crippen LogP contribution in [0, 0.1) is 23.2 Å². The molecule has 0 amide bonds.